The molecule has 0 saturated carbocycles. The van der Waals surface area contributed by atoms with Gasteiger partial charge in [0, 0.05) is 11.6 Å². The predicted molar refractivity (Wildman–Crippen MR) is 115 cm³/mol. The molecular formula is C25H20N2O3. The Labute approximate surface area is 174 Å². The summed E-state index contributed by atoms with van der Waals surface area (Å²) in [7, 11) is 0. The lowest BCUT2D eigenvalue weighted by atomic mass is 9.81. The topological polar surface area (TPSA) is 85.3 Å². The van der Waals surface area contributed by atoms with E-state index in [1.165, 1.54) is 6.08 Å². The van der Waals surface area contributed by atoms with Crippen LogP contribution in [0.4, 0.5) is 0 Å². The second-order valence-corrected chi connectivity index (χ2v) is 6.88. The van der Waals surface area contributed by atoms with E-state index in [0.717, 1.165) is 27.5 Å². The Kier molecular flexibility index (Phi) is 5.23. The van der Waals surface area contributed by atoms with Crippen LogP contribution >= 0.6 is 0 Å². The highest BCUT2D eigenvalue weighted by atomic mass is 16.5. The number of nitriles is 1. The Balaban J connectivity index is 1.86. The van der Waals surface area contributed by atoms with Gasteiger partial charge in [0.2, 0.25) is 5.88 Å². The molecule has 148 valence electrons. The van der Waals surface area contributed by atoms with Gasteiger partial charge >= 0.3 is 5.97 Å². The average Bonchev–Trinajstić information content (AvgIpc) is 2.77. The summed E-state index contributed by atoms with van der Waals surface area (Å²) >= 11 is 0. The van der Waals surface area contributed by atoms with Gasteiger partial charge in [-0.2, -0.15) is 5.26 Å². The number of nitrogens with two attached hydrogens (primary N) is 1. The molecule has 0 amide bonds. The maximum atomic E-state index is 11.7. The minimum absolute atomic E-state index is 0.109. The molecule has 0 radical (unpaired) electrons. The third-order valence-electron chi connectivity index (χ3n) is 5.06. The van der Waals surface area contributed by atoms with E-state index in [9.17, 15) is 10.1 Å². The SMILES string of the molecule is CCOC(=O)/C=C/c1cccc(C2C(C#N)=C(N)Oc3ccc4ccccc4c32)c1. The number of ether oxygens (including phenoxy) is 2. The molecule has 0 bridgehead atoms. The second-order valence-electron chi connectivity index (χ2n) is 6.88. The molecule has 0 aliphatic carbocycles. The fourth-order valence-electron chi connectivity index (χ4n) is 3.77. The first-order valence-electron chi connectivity index (χ1n) is 9.66. The fraction of sp³-hybridized carbons (Fsp3) is 0.120. The molecule has 30 heavy (non-hydrogen) atoms. The molecule has 1 unspecified atom stereocenters. The lowest BCUT2D eigenvalue weighted by Gasteiger charge is -2.28. The molecule has 0 saturated heterocycles. The van der Waals surface area contributed by atoms with Crippen LogP contribution in [0.15, 0.2) is 78.2 Å². The molecule has 0 fully saturated rings. The van der Waals surface area contributed by atoms with Crippen molar-refractivity contribution in [3.05, 3.63) is 94.9 Å². The number of allylic oxidation sites excluding steroid dienone is 1. The number of fused-ring (bicyclic) bond motifs is 3. The fourth-order valence-corrected chi connectivity index (χ4v) is 3.77. The highest BCUT2D eigenvalue weighted by molar-refractivity contribution is 5.90. The van der Waals surface area contributed by atoms with Gasteiger partial charge in [0.05, 0.1) is 12.5 Å². The normalized spacial score (nSPS) is 15.5. The van der Waals surface area contributed by atoms with Crippen molar-refractivity contribution in [3.63, 3.8) is 0 Å². The summed E-state index contributed by atoms with van der Waals surface area (Å²) in [6.07, 6.45) is 3.09. The Morgan fingerprint density at radius 3 is 2.83 bits per heavy atom. The number of nitrogens with zero attached hydrogens (tertiary/aromatic N) is 1. The second kappa shape index (κ2) is 8.14. The molecule has 4 rings (SSSR count). The first-order valence-corrected chi connectivity index (χ1v) is 9.66. The lowest BCUT2D eigenvalue weighted by Crippen LogP contribution is -2.21. The van der Waals surface area contributed by atoms with Crippen LogP contribution in [0.2, 0.25) is 0 Å². The number of carbonyl (C=O) groups excluding carboxylic acids is 1. The maximum absolute atomic E-state index is 11.7. The molecule has 1 aliphatic heterocycles. The number of hydrogen-bond acceptors (Lipinski definition) is 5. The highest BCUT2D eigenvalue weighted by Crippen LogP contribution is 2.45. The molecular weight excluding hydrogens is 376 g/mol. The Morgan fingerprint density at radius 2 is 2.03 bits per heavy atom. The van der Waals surface area contributed by atoms with Crippen LogP contribution in [-0.4, -0.2) is 12.6 Å². The van der Waals surface area contributed by atoms with Gasteiger partial charge < -0.3 is 15.2 Å². The summed E-state index contributed by atoms with van der Waals surface area (Å²) in [5.41, 5.74) is 9.09. The van der Waals surface area contributed by atoms with Crippen molar-refractivity contribution >= 4 is 22.8 Å². The highest BCUT2D eigenvalue weighted by Gasteiger charge is 2.32. The van der Waals surface area contributed by atoms with E-state index in [4.69, 9.17) is 15.2 Å². The van der Waals surface area contributed by atoms with Crippen LogP contribution in [0.1, 0.15) is 29.5 Å². The molecule has 2 N–H and O–H groups in total. The number of hydrogen-bond donors (Lipinski definition) is 1. The van der Waals surface area contributed by atoms with E-state index in [2.05, 4.69) is 6.07 Å². The first-order chi connectivity index (χ1) is 14.6. The summed E-state index contributed by atoms with van der Waals surface area (Å²) in [4.78, 5) is 11.7. The van der Waals surface area contributed by atoms with Crippen molar-refractivity contribution in [2.45, 2.75) is 12.8 Å². The number of benzene rings is 3. The van der Waals surface area contributed by atoms with Gasteiger partial charge in [0.25, 0.3) is 0 Å². The molecule has 1 heterocycles. The first kappa shape index (κ1) is 19.3. The van der Waals surface area contributed by atoms with Crippen LogP contribution in [-0.2, 0) is 9.53 Å². The Hall–Kier alpha value is -4.04. The predicted octanol–water partition coefficient (Wildman–Crippen LogP) is 4.63. The maximum Gasteiger partial charge on any atom is 0.330 e. The van der Waals surface area contributed by atoms with Crippen molar-refractivity contribution in [2.75, 3.05) is 6.61 Å². The number of rotatable bonds is 4. The third-order valence-corrected chi connectivity index (χ3v) is 5.06. The monoisotopic (exact) mass is 396 g/mol. The standard InChI is InChI=1S/C25H20N2O3/c1-2-29-22(28)13-10-16-6-5-8-18(14-16)23-20(15-26)25(27)30-21-12-11-17-7-3-4-9-19(17)24(21)23/h3-14,23H,2,27H2,1H3/b13-10+. The van der Waals surface area contributed by atoms with Crippen LogP contribution in [0.5, 0.6) is 5.75 Å². The van der Waals surface area contributed by atoms with Crippen molar-refractivity contribution < 1.29 is 14.3 Å². The van der Waals surface area contributed by atoms with Gasteiger partial charge in [0.1, 0.15) is 17.4 Å². The van der Waals surface area contributed by atoms with Crippen LogP contribution < -0.4 is 10.5 Å². The van der Waals surface area contributed by atoms with Gasteiger partial charge in [-0.3, -0.25) is 0 Å². The van der Waals surface area contributed by atoms with Gasteiger partial charge in [-0.15, -0.1) is 0 Å². The van der Waals surface area contributed by atoms with E-state index < -0.39 is 5.97 Å². The Bertz CT molecular complexity index is 1230. The van der Waals surface area contributed by atoms with Crippen LogP contribution in [0, 0.1) is 11.3 Å². The zero-order valence-corrected chi connectivity index (χ0v) is 16.5. The van der Waals surface area contributed by atoms with Crippen LogP contribution in [0.3, 0.4) is 0 Å². The quantitative estimate of drug-likeness (QED) is 0.513. The van der Waals surface area contributed by atoms with E-state index in [0.29, 0.717) is 17.9 Å². The zero-order valence-electron chi connectivity index (χ0n) is 16.5. The Morgan fingerprint density at radius 1 is 1.20 bits per heavy atom. The molecule has 5 nitrogen and oxygen atoms in total. The molecule has 3 aromatic rings. The van der Waals surface area contributed by atoms with Crippen LogP contribution in [0.25, 0.3) is 16.8 Å². The van der Waals surface area contributed by atoms with Gasteiger partial charge in [-0.05, 0) is 41.0 Å². The van der Waals surface area contributed by atoms with Gasteiger partial charge in [-0.1, -0.05) is 54.6 Å². The number of esters is 1. The average molecular weight is 396 g/mol. The van der Waals surface area contributed by atoms with E-state index >= 15 is 0 Å². The summed E-state index contributed by atoms with van der Waals surface area (Å²) in [6, 6.07) is 21.8. The van der Waals surface area contributed by atoms with Crippen molar-refractivity contribution in [2.24, 2.45) is 5.73 Å². The number of carbonyl (C=O) groups is 1. The minimum Gasteiger partial charge on any atom is -0.463 e. The van der Waals surface area contributed by atoms with E-state index in [1.54, 1.807) is 13.0 Å². The van der Waals surface area contributed by atoms with Crippen molar-refractivity contribution in [3.8, 4) is 11.8 Å². The van der Waals surface area contributed by atoms with Crippen molar-refractivity contribution in [1.82, 2.24) is 0 Å². The zero-order chi connectivity index (χ0) is 21.1. The summed E-state index contributed by atoms with van der Waals surface area (Å²) in [6.45, 7) is 2.09. The lowest BCUT2D eigenvalue weighted by molar-refractivity contribution is -0.137. The third kappa shape index (κ3) is 3.51. The molecule has 1 atom stereocenters. The van der Waals surface area contributed by atoms with Gasteiger partial charge in [0.15, 0.2) is 0 Å². The summed E-state index contributed by atoms with van der Waals surface area (Å²) in [5, 5.41) is 11.9. The minimum atomic E-state index is -0.396. The van der Waals surface area contributed by atoms with E-state index in [1.807, 2.05) is 60.7 Å². The molecule has 0 spiro atoms. The molecule has 5 heteroatoms. The largest absolute Gasteiger partial charge is 0.463 e. The molecule has 3 aromatic carbocycles. The smallest absolute Gasteiger partial charge is 0.330 e. The van der Waals surface area contributed by atoms with E-state index in [-0.39, 0.29) is 11.8 Å². The molecule has 0 aromatic heterocycles. The molecule has 1 aliphatic rings. The summed E-state index contributed by atoms with van der Waals surface area (Å²) in [5.74, 6) is -0.0200. The summed E-state index contributed by atoms with van der Waals surface area (Å²) < 4.78 is 10.7. The van der Waals surface area contributed by atoms with Gasteiger partial charge in [-0.25, -0.2) is 4.79 Å². The van der Waals surface area contributed by atoms with Crippen molar-refractivity contribution in [1.29, 1.82) is 5.26 Å².